The number of hydrogen-bond donors (Lipinski definition) is 1. The Morgan fingerprint density at radius 1 is 0.900 bits per heavy atom. The first-order chi connectivity index (χ1) is 9.63. The maximum Gasteiger partial charge on any atom is 0.216 e. The third kappa shape index (κ3) is 17.3. The number of carbonyl (C=O) groups is 1. The third-order valence-electron chi connectivity index (χ3n) is 2.48. The van der Waals surface area contributed by atoms with Crippen LogP contribution in [0.25, 0.3) is 0 Å². The van der Waals surface area contributed by atoms with Gasteiger partial charge in [-0.1, -0.05) is 0 Å². The van der Waals surface area contributed by atoms with E-state index in [1.807, 2.05) is 0 Å². The van der Waals surface area contributed by atoms with Crippen LogP contribution < -0.4 is 5.32 Å². The topological polar surface area (TPSA) is 60.0 Å². The molecule has 0 spiro atoms. The van der Waals surface area contributed by atoms with Crippen molar-refractivity contribution < 1.29 is 19.0 Å². The lowest BCUT2D eigenvalue weighted by atomic mass is 10.4. The molecule has 0 fully saturated rings. The molecule has 0 aliphatic heterocycles. The predicted molar refractivity (Wildman–Crippen MR) is 78.9 cm³/mol. The summed E-state index contributed by atoms with van der Waals surface area (Å²) in [5, 5.41) is 2.72. The summed E-state index contributed by atoms with van der Waals surface area (Å²) >= 11 is 0. The van der Waals surface area contributed by atoms with Crippen molar-refractivity contribution >= 4 is 5.91 Å². The molecule has 1 N–H and O–H groups in total. The highest BCUT2D eigenvalue weighted by Crippen LogP contribution is 1.87. The lowest BCUT2D eigenvalue weighted by molar-refractivity contribution is -0.119. The Hall–Kier alpha value is -0.690. The zero-order valence-corrected chi connectivity index (χ0v) is 13.2. The van der Waals surface area contributed by atoms with Crippen LogP contribution >= 0.6 is 0 Å². The van der Waals surface area contributed by atoms with E-state index in [1.54, 1.807) is 0 Å². The van der Waals surface area contributed by atoms with Gasteiger partial charge >= 0.3 is 0 Å². The van der Waals surface area contributed by atoms with Crippen molar-refractivity contribution in [1.82, 2.24) is 10.2 Å². The van der Waals surface area contributed by atoms with Crippen LogP contribution in [0.15, 0.2) is 0 Å². The van der Waals surface area contributed by atoms with E-state index in [1.165, 1.54) is 6.92 Å². The van der Waals surface area contributed by atoms with Gasteiger partial charge in [-0.15, -0.1) is 0 Å². The summed E-state index contributed by atoms with van der Waals surface area (Å²) in [6, 6.07) is 0. The Morgan fingerprint density at radius 2 is 1.40 bits per heavy atom. The molecular formula is C14H30N2O4. The molecule has 0 rings (SSSR count). The molecule has 0 aromatic heterocycles. The second-order valence-corrected chi connectivity index (χ2v) is 4.83. The Balaban J connectivity index is 2.97. The fraction of sp³-hybridized carbons (Fsp3) is 0.929. The van der Waals surface area contributed by atoms with Crippen LogP contribution in [0.3, 0.4) is 0 Å². The van der Waals surface area contributed by atoms with Gasteiger partial charge in [-0.3, -0.25) is 4.79 Å². The Labute approximate surface area is 122 Å². The molecule has 6 nitrogen and oxygen atoms in total. The van der Waals surface area contributed by atoms with Crippen LogP contribution in [-0.2, 0) is 19.0 Å². The lowest BCUT2D eigenvalue weighted by Gasteiger charge is -2.09. The third-order valence-corrected chi connectivity index (χ3v) is 2.48. The molecule has 0 heterocycles. The van der Waals surface area contributed by atoms with Crippen molar-refractivity contribution in [2.24, 2.45) is 0 Å². The molecule has 0 atom stereocenters. The first kappa shape index (κ1) is 19.3. The van der Waals surface area contributed by atoms with Crippen LogP contribution in [0, 0.1) is 0 Å². The van der Waals surface area contributed by atoms with E-state index in [0.29, 0.717) is 39.6 Å². The average Bonchev–Trinajstić information content (AvgIpc) is 2.38. The highest BCUT2D eigenvalue weighted by Gasteiger charge is 1.94. The van der Waals surface area contributed by atoms with Crippen molar-refractivity contribution in [3.05, 3.63) is 0 Å². The van der Waals surface area contributed by atoms with E-state index in [2.05, 4.69) is 24.3 Å². The smallest absolute Gasteiger partial charge is 0.216 e. The summed E-state index contributed by atoms with van der Waals surface area (Å²) in [5.41, 5.74) is 0. The standard InChI is InChI=1S/C14H30N2O4/c1-14(17)15-6-4-8-18-10-12-20-13-11-19-9-5-7-16(2)3/h4-13H2,1-3H3,(H,15,17). The number of ether oxygens (including phenoxy) is 3. The van der Waals surface area contributed by atoms with Gasteiger partial charge in [-0.05, 0) is 33.5 Å². The highest BCUT2D eigenvalue weighted by molar-refractivity contribution is 5.72. The fourth-order valence-corrected chi connectivity index (χ4v) is 1.46. The van der Waals surface area contributed by atoms with E-state index in [-0.39, 0.29) is 5.91 Å². The summed E-state index contributed by atoms with van der Waals surface area (Å²) in [4.78, 5) is 12.7. The number of nitrogens with one attached hydrogen (secondary N) is 1. The Kier molecular flexibility index (Phi) is 14.2. The second-order valence-electron chi connectivity index (χ2n) is 4.83. The van der Waals surface area contributed by atoms with Crippen molar-refractivity contribution in [2.45, 2.75) is 19.8 Å². The molecule has 0 aromatic carbocycles. The second kappa shape index (κ2) is 14.7. The van der Waals surface area contributed by atoms with E-state index < -0.39 is 0 Å². The molecule has 0 aromatic rings. The van der Waals surface area contributed by atoms with Crippen LogP contribution in [0.4, 0.5) is 0 Å². The van der Waals surface area contributed by atoms with Gasteiger partial charge in [0.25, 0.3) is 0 Å². The normalized spacial score (nSPS) is 11.0. The minimum Gasteiger partial charge on any atom is -0.379 e. The minimum atomic E-state index is -0.00100. The number of nitrogens with zero attached hydrogens (tertiary/aromatic N) is 1. The predicted octanol–water partition coefficient (Wildman–Crippen LogP) is 0.514. The van der Waals surface area contributed by atoms with Gasteiger partial charge < -0.3 is 24.4 Å². The molecule has 0 unspecified atom stereocenters. The van der Waals surface area contributed by atoms with E-state index in [4.69, 9.17) is 14.2 Å². The van der Waals surface area contributed by atoms with Crippen LogP contribution in [-0.4, -0.2) is 77.6 Å². The molecule has 1 amide bonds. The summed E-state index contributed by atoms with van der Waals surface area (Å²) in [7, 11) is 4.11. The van der Waals surface area contributed by atoms with Crippen molar-refractivity contribution in [1.29, 1.82) is 0 Å². The molecule has 20 heavy (non-hydrogen) atoms. The van der Waals surface area contributed by atoms with E-state index >= 15 is 0 Å². The maximum atomic E-state index is 10.6. The van der Waals surface area contributed by atoms with Gasteiger partial charge in [-0.25, -0.2) is 0 Å². The molecule has 0 radical (unpaired) electrons. The Morgan fingerprint density at radius 3 is 1.90 bits per heavy atom. The van der Waals surface area contributed by atoms with Gasteiger partial charge in [0.1, 0.15) is 0 Å². The molecular weight excluding hydrogens is 260 g/mol. The summed E-state index contributed by atoms with van der Waals surface area (Å²) in [6.45, 7) is 7.06. The van der Waals surface area contributed by atoms with Crippen LogP contribution in [0.5, 0.6) is 0 Å². The van der Waals surface area contributed by atoms with Crippen LogP contribution in [0.1, 0.15) is 19.8 Å². The van der Waals surface area contributed by atoms with Crippen molar-refractivity contribution in [3.8, 4) is 0 Å². The SMILES string of the molecule is CC(=O)NCCCOCCOCCOCCCN(C)C. The first-order valence-electron chi connectivity index (χ1n) is 7.25. The molecule has 0 aliphatic rings. The molecule has 0 bridgehead atoms. The number of rotatable bonds is 14. The number of carbonyl (C=O) groups excluding carboxylic acids is 1. The summed E-state index contributed by atoms with van der Waals surface area (Å²) in [6.07, 6.45) is 1.87. The molecule has 6 heteroatoms. The maximum absolute atomic E-state index is 10.6. The zero-order chi connectivity index (χ0) is 15.1. The van der Waals surface area contributed by atoms with E-state index in [9.17, 15) is 4.79 Å². The summed E-state index contributed by atoms with van der Waals surface area (Å²) in [5.74, 6) is -0.00100. The molecule has 120 valence electrons. The van der Waals surface area contributed by atoms with Gasteiger partial charge in [0, 0.05) is 26.7 Å². The fourth-order valence-electron chi connectivity index (χ4n) is 1.46. The highest BCUT2D eigenvalue weighted by atomic mass is 16.5. The molecule has 0 saturated heterocycles. The van der Waals surface area contributed by atoms with Crippen LogP contribution in [0.2, 0.25) is 0 Å². The van der Waals surface area contributed by atoms with Gasteiger partial charge in [0.15, 0.2) is 0 Å². The van der Waals surface area contributed by atoms with E-state index in [0.717, 1.165) is 26.0 Å². The van der Waals surface area contributed by atoms with Crippen molar-refractivity contribution in [2.75, 3.05) is 66.8 Å². The summed E-state index contributed by atoms with van der Waals surface area (Å²) < 4.78 is 16.2. The van der Waals surface area contributed by atoms with Gasteiger partial charge in [0.05, 0.1) is 26.4 Å². The molecule has 0 saturated carbocycles. The minimum absolute atomic E-state index is 0.00100. The van der Waals surface area contributed by atoms with Gasteiger partial charge in [0.2, 0.25) is 5.91 Å². The lowest BCUT2D eigenvalue weighted by Crippen LogP contribution is -2.22. The monoisotopic (exact) mass is 290 g/mol. The largest absolute Gasteiger partial charge is 0.379 e. The zero-order valence-electron chi connectivity index (χ0n) is 13.2. The number of amides is 1. The number of hydrogen-bond acceptors (Lipinski definition) is 5. The van der Waals surface area contributed by atoms with Gasteiger partial charge in [-0.2, -0.15) is 0 Å². The first-order valence-corrected chi connectivity index (χ1v) is 7.25. The molecule has 0 aliphatic carbocycles. The Bertz CT molecular complexity index is 225. The average molecular weight is 290 g/mol. The van der Waals surface area contributed by atoms with Crippen molar-refractivity contribution in [3.63, 3.8) is 0 Å². The quantitative estimate of drug-likeness (QED) is 0.473.